The second-order valence-electron chi connectivity index (χ2n) is 4.78. The van der Waals surface area contributed by atoms with Crippen LogP contribution < -0.4 is 21.1 Å². The number of carbonyl (C=O) groups is 3. The van der Waals surface area contributed by atoms with Crippen molar-refractivity contribution in [1.82, 2.24) is 10.6 Å². The lowest BCUT2D eigenvalue weighted by Crippen LogP contribution is -2.45. The van der Waals surface area contributed by atoms with Crippen LogP contribution in [0, 0.1) is 0 Å². The van der Waals surface area contributed by atoms with Crippen molar-refractivity contribution in [3.8, 4) is 5.75 Å². The molecule has 128 valence electrons. The van der Waals surface area contributed by atoms with Gasteiger partial charge in [0.1, 0.15) is 12.4 Å². The van der Waals surface area contributed by atoms with E-state index in [1.54, 1.807) is 6.92 Å². The van der Waals surface area contributed by atoms with Crippen molar-refractivity contribution in [2.24, 2.45) is 5.73 Å². The Kier molecular flexibility index (Phi) is 5.64. The van der Waals surface area contributed by atoms with Crippen LogP contribution in [-0.4, -0.2) is 37.7 Å². The summed E-state index contributed by atoms with van der Waals surface area (Å²) < 4.78 is 10.5. The summed E-state index contributed by atoms with van der Waals surface area (Å²) in [4.78, 5) is 34.9. The normalized spacial score (nSPS) is 13.8. The van der Waals surface area contributed by atoms with E-state index in [9.17, 15) is 14.4 Å². The molecule has 8 nitrogen and oxygen atoms in total. The van der Waals surface area contributed by atoms with Gasteiger partial charge in [-0.05, 0) is 25.1 Å². The zero-order valence-electron chi connectivity index (χ0n) is 12.8. The molecule has 4 N–H and O–H groups in total. The number of nitrogens with two attached hydrogens (primary N) is 1. The molecule has 1 aliphatic heterocycles. The van der Waals surface area contributed by atoms with E-state index >= 15 is 0 Å². The van der Waals surface area contributed by atoms with Crippen LogP contribution in [-0.2, 0) is 9.53 Å². The van der Waals surface area contributed by atoms with Crippen LogP contribution in [0.2, 0.25) is 5.02 Å². The molecule has 1 aliphatic rings. The number of hydrogen-bond donors (Lipinski definition) is 3. The number of amides is 3. The molecule has 0 saturated carbocycles. The Balaban J connectivity index is 2.23. The van der Waals surface area contributed by atoms with E-state index in [-0.39, 0.29) is 42.3 Å². The summed E-state index contributed by atoms with van der Waals surface area (Å²) in [5.74, 6) is -1.08. The fraction of sp³-hybridized carbons (Fsp3) is 0.267. The van der Waals surface area contributed by atoms with Crippen LogP contribution in [0.15, 0.2) is 29.5 Å². The number of rotatable bonds is 6. The van der Waals surface area contributed by atoms with Gasteiger partial charge in [-0.15, -0.1) is 0 Å². The van der Waals surface area contributed by atoms with Gasteiger partial charge in [0.2, 0.25) is 0 Å². The first-order valence-corrected chi connectivity index (χ1v) is 7.46. The number of urea groups is 1. The highest BCUT2D eigenvalue weighted by Gasteiger charge is 2.24. The van der Waals surface area contributed by atoms with Crippen LogP contribution in [0.5, 0.6) is 5.75 Å². The third kappa shape index (κ3) is 4.17. The minimum Gasteiger partial charge on any atom is -0.487 e. The zero-order valence-corrected chi connectivity index (χ0v) is 13.6. The molecule has 24 heavy (non-hydrogen) atoms. The number of primary amides is 1. The first-order chi connectivity index (χ1) is 11.4. The predicted molar refractivity (Wildman–Crippen MR) is 85.7 cm³/mol. The van der Waals surface area contributed by atoms with Crippen molar-refractivity contribution in [3.05, 3.63) is 40.1 Å². The zero-order chi connectivity index (χ0) is 17.7. The molecule has 2 rings (SSSR count). The molecular formula is C15H16ClN3O5. The lowest BCUT2D eigenvalue weighted by Gasteiger charge is -2.21. The largest absolute Gasteiger partial charge is 0.487 e. The SMILES string of the molecule is CCOC(=O)C1=C(COc2ccc(Cl)cc2C(N)=O)NC(=O)NC1. The first kappa shape index (κ1) is 17.6. The van der Waals surface area contributed by atoms with E-state index in [4.69, 9.17) is 26.8 Å². The van der Waals surface area contributed by atoms with E-state index in [0.717, 1.165) is 0 Å². The van der Waals surface area contributed by atoms with E-state index in [1.807, 2.05) is 0 Å². The van der Waals surface area contributed by atoms with Crippen molar-refractivity contribution in [3.63, 3.8) is 0 Å². The molecule has 1 aromatic carbocycles. The molecule has 1 aromatic rings. The summed E-state index contributed by atoms with van der Waals surface area (Å²) >= 11 is 5.83. The highest BCUT2D eigenvalue weighted by molar-refractivity contribution is 6.31. The van der Waals surface area contributed by atoms with Crippen LogP contribution in [0.1, 0.15) is 17.3 Å². The number of esters is 1. The number of benzene rings is 1. The summed E-state index contributed by atoms with van der Waals surface area (Å²) in [7, 11) is 0. The topological polar surface area (TPSA) is 120 Å². The third-order valence-electron chi connectivity index (χ3n) is 3.16. The molecule has 3 amide bonds. The predicted octanol–water partition coefficient (Wildman–Crippen LogP) is 0.948. The maximum Gasteiger partial charge on any atom is 0.337 e. The molecule has 0 saturated heterocycles. The van der Waals surface area contributed by atoms with Crippen molar-refractivity contribution < 1.29 is 23.9 Å². The van der Waals surface area contributed by atoms with Gasteiger partial charge in [-0.25, -0.2) is 9.59 Å². The molecule has 0 atom stereocenters. The van der Waals surface area contributed by atoms with Gasteiger partial charge in [-0.2, -0.15) is 0 Å². The lowest BCUT2D eigenvalue weighted by molar-refractivity contribution is -0.138. The third-order valence-corrected chi connectivity index (χ3v) is 3.39. The van der Waals surface area contributed by atoms with E-state index in [2.05, 4.69) is 10.6 Å². The van der Waals surface area contributed by atoms with Gasteiger partial charge < -0.3 is 25.8 Å². The maximum absolute atomic E-state index is 11.9. The van der Waals surface area contributed by atoms with Crippen molar-refractivity contribution in [2.45, 2.75) is 6.92 Å². The van der Waals surface area contributed by atoms with Crippen LogP contribution in [0.4, 0.5) is 4.79 Å². The number of halogens is 1. The Bertz CT molecular complexity index is 717. The summed E-state index contributed by atoms with van der Waals surface area (Å²) in [5, 5.41) is 5.31. The van der Waals surface area contributed by atoms with Gasteiger partial charge in [0.25, 0.3) is 5.91 Å². The van der Waals surface area contributed by atoms with Gasteiger partial charge >= 0.3 is 12.0 Å². The standard InChI is InChI=1S/C15H16ClN3O5/c1-2-23-14(21)10-6-18-15(22)19-11(10)7-24-12-4-3-8(16)5-9(12)13(17)20/h3-5H,2,6-7H2,1H3,(H2,17,20)(H2,18,19,22). The summed E-state index contributed by atoms with van der Waals surface area (Å²) in [6.45, 7) is 1.75. The molecule has 0 radical (unpaired) electrons. The Hall–Kier alpha value is -2.74. The lowest BCUT2D eigenvalue weighted by atomic mass is 10.1. The molecule has 0 fully saturated rings. The fourth-order valence-electron chi connectivity index (χ4n) is 2.04. The van der Waals surface area contributed by atoms with Crippen molar-refractivity contribution >= 4 is 29.5 Å². The Morgan fingerprint density at radius 1 is 1.38 bits per heavy atom. The van der Waals surface area contributed by atoms with Gasteiger partial charge in [0.15, 0.2) is 0 Å². The molecule has 0 spiro atoms. The Morgan fingerprint density at radius 2 is 2.12 bits per heavy atom. The quantitative estimate of drug-likeness (QED) is 0.658. The maximum atomic E-state index is 11.9. The van der Waals surface area contributed by atoms with Crippen LogP contribution >= 0.6 is 11.6 Å². The summed E-state index contributed by atoms with van der Waals surface area (Å²) in [5.41, 5.74) is 5.88. The monoisotopic (exact) mass is 353 g/mol. The highest BCUT2D eigenvalue weighted by Crippen LogP contribution is 2.23. The molecule has 0 unspecified atom stereocenters. The van der Waals surface area contributed by atoms with Crippen LogP contribution in [0.25, 0.3) is 0 Å². The smallest absolute Gasteiger partial charge is 0.337 e. The summed E-state index contributed by atoms with van der Waals surface area (Å²) in [6, 6.07) is 3.93. The Morgan fingerprint density at radius 3 is 2.79 bits per heavy atom. The van der Waals surface area contributed by atoms with E-state index < -0.39 is 17.9 Å². The first-order valence-electron chi connectivity index (χ1n) is 7.08. The molecule has 0 aliphatic carbocycles. The molecule has 1 heterocycles. The summed E-state index contributed by atoms with van der Waals surface area (Å²) in [6.07, 6.45) is 0. The Labute approximate surface area is 142 Å². The van der Waals surface area contributed by atoms with E-state index in [0.29, 0.717) is 5.02 Å². The second kappa shape index (κ2) is 7.69. The fourth-order valence-corrected chi connectivity index (χ4v) is 2.21. The van der Waals surface area contributed by atoms with E-state index in [1.165, 1.54) is 18.2 Å². The highest BCUT2D eigenvalue weighted by atomic mass is 35.5. The number of ether oxygens (including phenoxy) is 2. The second-order valence-corrected chi connectivity index (χ2v) is 5.22. The minimum atomic E-state index is -0.707. The van der Waals surface area contributed by atoms with Gasteiger partial charge in [-0.3, -0.25) is 4.79 Å². The molecular weight excluding hydrogens is 338 g/mol. The minimum absolute atomic E-state index is 0.0205. The average Bonchev–Trinajstić information content (AvgIpc) is 2.53. The average molecular weight is 354 g/mol. The number of carbonyl (C=O) groups excluding carboxylic acids is 3. The molecule has 9 heteroatoms. The number of nitrogens with one attached hydrogen (secondary N) is 2. The molecule has 0 aromatic heterocycles. The van der Waals surface area contributed by atoms with Crippen molar-refractivity contribution in [1.29, 1.82) is 0 Å². The van der Waals surface area contributed by atoms with Gasteiger partial charge in [0.05, 0.1) is 30.0 Å². The van der Waals surface area contributed by atoms with Gasteiger partial charge in [0, 0.05) is 5.02 Å². The van der Waals surface area contributed by atoms with Gasteiger partial charge in [-0.1, -0.05) is 11.6 Å². The number of hydrogen-bond acceptors (Lipinski definition) is 5. The molecule has 0 bridgehead atoms. The van der Waals surface area contributed by atoms with Crippen LogP contribution in [0.3, 0.4) is 0 Å². The van der Waals surface area contributed by atoms with Crippen molar-refractivity contribution in [2.75, 3.05) is 19.8 Å².